The van der Waals surface area contributed by atoms with E-state index in [1.54, 1.807) is 72.9 Å². The van der Waals surface area contributed by atoms with Crippen LogP contribution >= 0.6 is 15.9 Å². The molecule has 2 aromatic heterocycles. The minimum Gasteiger partial charge on any atom is -0.497 e. The number of benzene rings is 2. The van der Waals surface area contributed by atoms with Crippen LogP contribution in [-0.2, 0) is 4.79 Å². The van der Waals surface area contributed by atoms with Crippen molar-refractivity contribution in [3.8, 4) is 23.4 Å². The van der Waals surface area contributed by atoms with Crippen LogP contribution in [-0.4, -0.2) is 22.4 Å². The summed E-state index contributed by atoms with van der Waals surface area (Å²) in [5.41, 5.74) is 0.0200. The van der Waals surface area contributed by atoms with Gasteiger partial charge in [-0.05, 0) is 66.7 Å². The summed E-state index contributed by atoms with van der Waals surface area (Å²) in [5, 5.41) is 12.3. The Labute approximate surface area is 202 Å². The highest BCUT2D eigenvalue weighted by Crippen LogP contribution is 2.25. The highest BCUT2D eigenvalue weighted by molar-refractivity contribution is 9.10. The fraction of sp³-hybridized carbons (Fsp3) is 0.0400. The number of methoxy groups -OCH3 is 1. The van der Waals surface area contributed by atoms with Gasteiger partial charge in [0.15, 0.2) is 0 Å². The molecule has 0 aliphatic heterocycles. The molecule has 0 unspecified atom stereocenters. The van der Waals surface area contributed by atoms with E-state index in [9.17, 15) is 14.9 Å². The van der Waals surface area contributed by atoms with E-state index in [1.807, 2.05) is 6.07 Å². The monoisotopic (exact) mass is 516 g/mol. The molecule has 0 fully saturated rings. The second-order valence-electron chi connectivity index (χ2n) is 6.97. The molecule has 0 spiro atoms. The maximum Gasteiger partial charge on any atom is 0.269 e. The third-order valence-electron chi connectivity index (χ3n) is 4.76. The van der Waals surface area contributed by atoms with Gasteiger partial charge < -0.3 is 14.8 Å². The van der Waals surface area contributed by atoms with Crippen molar-refractivity contribution in [3.05, 3.63) is 98.9 Å². The summed E-state index contributed by atoms with van der Waals surface area (Å²) in [5.74, 6) is 0.355. The summed E-state index contributed by atoms with van der Waals surface area (Å²) < 4.78 is 13.2. The number of hydrogen-bond acceptors (Lipinski definition) is 6. The summed E-state index contributed by atoms with van der Waals surface area (Å²) >= 11 is 3.36. The van der Waals surface area contributed by atoms with E-state index in [0.717, 1.165) is 4.47 Å². The van der Waals surface area contributed by atoms with Crippen LogP contribution in [0.4, 0.5) is 5.69 Å². The largest absolute Gasteiger partial charge is 0.497 e. The van der Waals surface area contributed by atoms with E-state index >= 15 is 0 Å². The minimum atomic E-state index is -0.681. The Hall–Kier alpha value is -4.42. The van der Waals surface area contributed by atoms with Crippen molar-refractivity contribution in [2.75, 3.05) is 12.4 Å². The molecule has 0 aliphatic rings. The van der Waals surface area contributed by atoms with Crippen LogP contribution < -0.4 is 20.3 Å². The predicted octanol–water partition coefficient (Wildman–Crippen LogP) is 4.80. The zero-order valence-corrected chi connectivity index (χ0v) is 19.4. The van der Waals surface area contributed by atoms with Crippen LogP contribution in [0, 0.1) is 11.3 Å². The van der Waals surface area contributed by atoms with E-state index in [1.165, 1.54) is 17.6 Å². The molecule has 4 rings (SSSR count). The smallest absolute Gasteiger partial charge is 0.269 e. The molecule has 0 radical (unpaired) electrons. The van der Waals surface area contributed by atoms with Gasteiger partial charge >= 0.3 is 0 Å². The van der Waals surface area contributed by atoms with Gasteiger partial charge in [0.2, 0.25) is 5.88 Å². The van der Waals surface area contributed by atoms with Crippen molar-refractivity contribution in [2.24, 2.45) is 0 Å². The number of carbonyl (C=O) groups is 1. The molecule has 0 aliphatic carbocycles. The average Bonchev–Trinajstić information content (AvgIpc) is 2.86. The molecule has 34 heavy (non-hydrogen) atoms. The molecule has 0 atom stereocenters. The number of anilines is 1. The molecule has 168 valence electrons. The molecule has 1 amide bonds. The normalized spacial score (nSPS) is 11.0. The number of fused-ring (bicyclic) bond motifs is 1. The van der Waals surface area contributed by atoms with Crippen molar-refractivity contribution >= 4 is 39.2 Å². The van der Waals surface area contributed by atoms with Gasteiger partial charge in [-0.2, -0.15) is 10.2 Å². The topological polar surface area (TPSA) is 106 Å². The van der Waals surface area contributed by atoms with Gasteiger partial charge in [-0.15, -0.1) is 0 Å². The van der Waals surface area contributed by atoms with Gasteiger partial charge in [0.1, 0.15) is 34.4 Å². The van der Waals surface area contributed by atoms with Crippen LogP contribution in [0.1, 0.15) is 5.56 Å². The van der Waals surface area contributed by atoms with Crippen molar-refractivity contribution in [1.82, 2.24) is 9.38 Å². The van der Waals surface area contributed by atoms with Crippen molar-refractivity contribution in [1.29, 1.82) is 5.26 Å². The highest BCUT2D eigenvalue weighted by atomic mass is 79.9. The zero-order chi connectivity index (χ0) is 24.1. The predicted molar refractivity (Wildman–Crippen MR) is 131 cm³/mol. The minimum absolute atomic E-state index is 0.0245. The number of hydrogen-bond donors (Lipinski definition) is 1. The average molecular weight is 517 g/mol. The van der Waals surface area contributed by atoms with Gasteiger partial charge in [-0.1, -0.05) is 22.0 Å². The number of nitrogens with one attached hydrogen (secondary N) is 1. The van der Waals surface area contributed by atoms with E-state index in [-0.39, 0.29) is 17.0 Å². The fourth-order valence-electron chi connectivity index (χ4n) is 3.06. The van der Waals surface area contributed by atoms with Gasteiger partial charge in [0.25, 0.3) is 11.5 Å². The zero-order valence-electron chi connectivity index (χ0n) is 17.9. The summed E-state index contributed by atoms with van der Waals surface area (Å²) in [4.78, 5) is 30.4. The Balaban J connectivity index is 1.76. The molecular formula is C25H17BrN4O4. The molecule has 0 bridgehead atoms. The van der Waals surface area contributed by atoms with Crippen LogP contribution in [0.25, 0.3) is 11.7 Å². The fourth-order valence-corrected chi connectivity index (χ4v) is 3.33. The summed E-state index contributed by atoms with van der Waals surface area (Å²) in [6.07, 6.45) is 2.73. The van der Waals surface area contributed by atoms with E-state index in [2.05, 4.69) is 26.2 Å². The maximum atomic E-state index is 13.2. The molecule has 4 aromatic rings. The number of nitrogens with zero attached hydrogens (tertiary/aromatic N) is 3. The Morgan fingerprint density at radius 2 is 1.79 bits per heavy atom. The summed E-state index contributed by atoms with van der Waals surface area (Å²) in [7, 11) is 1.54. The molecule has 8 nitrogen and oxygen atoms in total. The van der Waals surface area contributed by atoms with Gasteiger partial charge in [-0.3, -0.25) is 14.0 Å². The second-order valence-corrected chi connectivity index (χ2v) is 7.89. The van der Waals surface area contributed by atoms with Crippen LogP contribution in [0.2, 0.25) is 0 Å². The summed E-state index contributed by atoms with van der Waals surface area (Å²) in [6.45, 7) is 0. The highest BCUT2D eigenvalue weighted by Gasteiger charge is 2.17. The number of carbonyl (C=O) groups excluding carboxylic acids is 1. The van der Waals surface area contributed by atoms with Crippen LogP contribution in [0.3, 0.4) is 0 Å². The number of rotatable bonds is 6. The molecule has 2 heterocycles. The van der Waals surface area contributed by atoms with Crippen LogP contribution in [0.5, 0.6) is 17.4 Å². The molecule has 0 saturated heterocycles. The third kappa shape index (κ3) is 4.98. The lowest BCUT2D eigenvalue weighted by Crippen LogP contribution is -2.20. The molecule has 1 N–H and O–H groups in total. The first kappa shape index (κ1) is 22.8. The Bertz CT molecular complexity index is 1490. The molecular weight excluding hydrogens is 500 g/mol. The van der Waals surface area contributed by atoms with E-state index in [0.29, 0.717) is 22.8 Å². The lowest BCUT2D eigenvalue weighted by Gasteiger charge is -2.10. The molecule has 2 aromatic carbocycles. The van der Waals surface area contributed by atoms with E-state index in [4.69, 9.17) is 9.47 Å². The first-order valence-corrected chi connectivity index (χ1v) is 10.8. The SMILES string of the molecule is COc1ccc(NC(=O)C(C#N)=Cc2c(Oc3ccc(Br)cc3)nc3ccccn3c2=O)cc1. The lowest BCUT2D eigenvalue weighted by atomic mass is 10.1. The number of halogens is 1. The van der Waals surface area contributed by atoms with Gasteiger partial charge in [0, 0.05) is 16.4 Å². The second kappa shape index (κ2) is 10.0. The van der Waals surface area contributed by atoms with Crippen molar-refractivity contribution in [2.45, 2.75) is 0 Å². The third-order valence-corrected chi connectivity index (χ3v) is 5.29. The van der Waals surface area contributed by atoms with Crippen LogP contribution in [0.15, 0.2) is 87.8 Å². The lowest BCUT2D eigenvalue weighted by molar-refractivity contribution is -0.112. The number of aromatic nitrogens is 2. The number of ether oxygens (including phenoxy) is 2. The summed E-state index contributed by atoms with van der Waals surface area (Å²) in [6, 6.07) is 20.5. The molecule has 0 saturated carbocycles. The number of pyridine rings is 1. The van der Waals surface area contributed by atoms with Crippen molar-refractivity contribution in [3.63, 3.8) is 0 Å². The number of nitriles is 1. The maximum absolute atomic E-state index is 13.2. The first-order chi connectivity index (χ1) is 16.5. The van der Waals surface area contributed by atoms with Gasteiger partial charge in [-0.25, -0.2) is 0 Å². The quantitative estimate of drug-likeness (QED) is 0.291. The van der Waals surface area contributed by atoms with Gasteiger partial charge in [0.05, 0.1) is 7.11 Å². The molecule has 9 heteroatoms. The Morgan fingerprint density at radius 1 is 1.09 bits per heavy atom. The Kier molecular flexibility index (Phi) is 6.71. The standard InChI is InChI=1S/C25H17BrN4O4/c1-33-19-11-7-18(8-12-19)28-23(31)16(15-27)14-21-24(34-20-9-5-17(26)6-10-20)29-22-4-2-3-13-30(22)25(21)32/h2-14H,1H3,(H,28,31). The van der Waals surface area contributed by atoms with E-state index < -0.39 is 11.5 Å². The first-order valence-electron chi connectivity index (χ1n) is 10.0. The number of amides is 1. The van der Waals surface area contributed by atoms with Crippen molar-refractivity contribution < 1.29 is 14.3 Å². The Morgan fingerprint density at radius 3 is 2.47 bits per heavy atom.